The normalized spacial score (nSPS) is 10.4. The van der Waals surface area contributed by atoms with Crippen LogP contribution in [-0.2, 0) is 6.42 Å². The molecular formula is C18H23NO2. The molecule has 3 heteroatoms. The van der Waals surface area contributed by atoms with Gasteiger partial charge in [0, 0.05) is 0 Å². The lowest BCUT2D eigenvalue weighted by Gasteiger charge is -2.10. The van der Waals surface area contributed by atoms with Gasteiger partial charge in [0.25, 0.3) is 0 Å². The number of hydrogen-bond acceptors (Lipinski definition) is 3. The molecule has 0 aromatic heterocycles. The fourth-order valence-electron chi connectivity index (χ4n) is 2.25. The Labute approximate surface area is 126 Å². The number of rotatable bonds is 7. The molecule has 0 saturated carbocycles. The second-order valence-electron chi connectivity index (χ2n) is 5.20. The minimum Gasteiger partial charge on any atom is -0.490 e. The summed E-state index contributed by atoms with van der Waals surface area (Å²) in [7, 11) is 0. The van der Waals surface area contributed by atoms with Crippen LogP contribution in [0, 0.1) is 13.8 Å². The first kappa shape index (κ1) is 15.4. The third-order valence-electron chi connectivity index (χ3n) is 3.17. The van der Waals surface area contributed by atoms with Crippen LogP contribution in [0.2, 0.25) is 0 Å². The summed E-state index contributed by atoms with van der Waals surface area (Å²) in [5.74, 6) is 1.76. The minimum atomic E-state index is 0.531. The maximum Gasteiger partial charge on any atom is 0.122 e. The molecule has 0 amide bonds. The van der Waals surface area contributed by atoms with E-state index in [0.29, 0.717) is 19.8 Å². The van der Waals surface area contributed by atoms with E-state index in [-0.39, 0.29) is 0 Å². The molecule has 0 aliphatic rings. The average Bonchev–Trinajstić information content (AvgIpc) is 2.45. The molecule has 0 aliphatic carbocycles. The summed E-state index contributed by atoms with van der Waals surface area (Å²) in [6, 6.07) is 14.2. The predicted molar refractivity (Wildman–Crippen MR) is 86.1 cm³/mol. The molecule has 0 spiro atoms. The largest absolute Gasteiger partial charge is 0.490 e. The highest BCUT2D eigenvalue weighted by Gasteiger charge is 1.98. The predicted octanol–water partition coefficient (Wildman–Crippen LogP) is 3.26. The molecule has 2 aromatic carbocycles. The van der Waals surface area contributed by atoms with Crippen molar-refractivity contribution in [1.29, 1.82) is 0 Å². The van der Waals surface area contributed by atoms with Gasteiger partial charge in [0.05, 0.1) is 0 Å². The van der Waals surface area contributed by atoms with Gasteiger partial charge < -0.3 is 15.2 Å². The van der Waals surface area contributed by atoms with E-state index in [1.165, 1.54) is 16.7 Å². The Morgan fingerprint density at radius 1 is 0.810 bits per heavy atom. The van der Waals surface area contributed by atoms with Crippen molar-refractivity contribution >= 4 is 0 Å². The zero-order chi connectivity index (χ0) is 15.1. The number of nitrogens with two attached hydrogens (primary N) is 1. The highest BCUT2D eigenvalue weighted by Crippen LogP contribution is 2.16. The van der Waals surface area contributed by atoms with E-state index in [9.17, 15) is 0 Å². The molecule has 112 valence electrons. The van der Waals surface area contributed by atoms with Gasteiger partial charge in [-0.1, -0.05) is 18.2 Å². The van der Waals surface area contributed by atoms with E-state index in [1.54, 1.807) is 0 Å². The third-order valence-corrected chi connectivity index (χ3v) is 3.17. The molecule has 0 aliphatic heterocycles. The zero-order valence-corrected chi connectivity index (χ0v) is 12.8. The van der Waals surface area contributed by atoms with Crippen LogP contribution in [0.3, 0.4) is 0 Å². The van der Waals surface area contributed by atoms with Gasteiger partial charge >= 0.3 is 0 Å². The van der Waals surface area contributed by atoms with Crippen molar-refractivity contribution in [2.75, 3.05) is 19.8 Å². The van der Waals surface area contributed by atoms with Crippen molar-refractivity contribution in [3.05, 3.63) is 59.2 Å². The molecule has 21 heavy (non-hydrogen) atoms. The third kappa shape index (κ3) is 5.12. The van der Waals surface area contributed by atoms with E-state index >= 15 is 0 Å². The number of hydrogen-bond donors (Lipinski definition) is 1. The first-order valence-corrected chi connectivity index (χ1v) is 7.30. The molecule has 0 atom stereocenters. The molecule has 0 unspecified atom stereocenters. The van der Waals surface area contributed by atoms with Crippen LogP contribution in [-0.4, -0.2) is 19.8 Å². The number of ether oxygens (including phenoxy) is 2. The topological polar surface area (TPSA) is 44.5 Å². The quantitative estimate of drug-likeness (QED) is 0.794. The van der Waals surface area contributed by atoms with Gasteiger partial charge in [0.2, 0.25) is 0 Å². The fraction of sp³-hybridized carbons (Fsp3) is 0.333. The summed E-state index contributed by atoms with van der Waals surface area (Å²) >= 11 is 0. The number of benzene rings is 2. The Morgan fingerprint density at radius 3 is 1.95 bits per heavy atom. The van der Waals surface area contributed by atoms with Crippen molar-refractivity contribution in [3.8, 4) is 11.5 Å². The lowest BCUT2D eigenvalue weighted by atomic mass is 10.1. The molecule has 3 nitrogen and oxygen atoms in total. The Balaban J connectivity index is 1.76. The molecular weight excluding hydrogens is 262 g/mol. The van der Waals surface area contributed by atoms with Crippen LogP contribution < -0.4 is 15.2 Å². The molecule has 2 N–H and O–H groups in total. The van der Waals surface area contributed by atoms with Crippen LogP contribution in [0.5, 0.6) is 11.5 Å². The molecule has 0 heterocycles. The molecule has 0 saturated heterocycles. The van der Waals surface area contributed by atoms with Gasteiger partial charge in [-0.3, -0.25) is 0 Å². The van der Waals surface area contributed by atoms with Gasteiger partial charge in [-0.15, -0.1) is 0 Å². The van der Waals surface area contributed by atoms with Crippen LogP contribution >= 0.6 is 0 Å². The SMILES string of the molecule is Cc1cc(C)cc(OCCOc2ccc(CCN)cc2)c1. The summed E-state index contributed by atoms with van der Waals surface area (Å²) in [4.78, 5) is 0. The van der Waals surface area contributed by atoms with Gasteiger partial charge in [-0.2, -0.15) is 0 Å². The second-order valence-corrected chi connectivity index (χ2v) is 5.20. The molecule has 0 bridgehead atoms. The first-order valence-electron chi connectivity index (χ1n) is 7.30. The summed E-state index contributed by atoms with van der Waals surface area (Å²) in [5.41, 5.74) is 9.18. The maximum absolute atomic E-state index is 5.71. The second kappa shape index (κ2) is 7.70. The summed E-state index contributed by atoms with van der Waals surface area (Å²) in [6.45, 7) is 5.87. The summed E-state index contributed by atoms with van der Waals surface area (Å²) in [5, 5.41) is 0. The number of aryl methyl sites for hydroxylation is 2. The first-order chi connectivity index (χ1) is 10.2. The Bertz CT molecular complexity index is 544. The van der Waals surface area contributed by atoms with Crippen LogP contribution in [0.15, 0.2) is 42.5 Å². The fourth-order valence-corrected chi connectivity index (χ4v) is 2.25. The Hall–Kier alpha value is -2.00. The van der Waals surface area contributed by atoms with Crippen molar-refractivity contribution in [3.63, 3.8) is 0 Å². The molecule has 0 radical (unpaired) electrons. The maximum atomic E-state index is 5.71. The van der Waals surface area contributed by atoms with E-state index < -0.39 is 0 Å². The lowest BCUT2D eigenvalue weighted by Crippen LogP contribution is -2.09. The Kier molecular flexibility index (Phi) is 5.64. The monoisotopic (exact) mass is 285 g/mol. The van der Waals surface area contributed by atoms with Gasteiger partial charge in [-0.25, -0.2) is 0 Å². The molecule has 0 fully saturated rings. The standard InChI is InChI=1S/C18H23NO2/c1-14-11-15(2)13-18(12-14)21-10-9-20-17-5-3-16(4-6-17)7-8-19/h3-6,11-13H,7-10,19H2,1-2H3. The highest BCUT2D eigenvalue weighted by molar-refractivity contribution is 5.33. The van der Waals surface area contributed by atoms with Crippen LogP contribution in [0.4, 0.5) is 0 Å². The molecule has 2 aromatic rings. The summed E-state index contributed by atoms with van der Waals surface area (Å²) < 4.78 is 11.4. The van der Waals surface area contributed by atoms with E-state index in [1.807, 2.05) is 36.4 Å². The van der Waals surface area contributed by atoms with Gasteiger partial charge in [0.15, 0.2) is 0 Å². The van der Waals surface area contributed by atoms with E-state index in [2.05, 4.69) is 19.9 Å². The molecule has 2 rings (SSSR count). The highest BCUT2D eigenvalue weighted by atomic mass is 16.5. The van der Waals surface area contributed by atoms with Crippen LogP contribution in [0.1, 0.15) is 16.7 Å². The zero-order valence-electron chi connectivity index (χ0n) is 12.8. The Morgan fingerprint density at radius 2 is 1.38 bits per heavy atom. The van der Waals surface area contributed by atoms with Crippen molar-refractivity contribution in [2.45, 2.75) is 20.3 Å². The smallest absolute Gasteiger partial charge is 0.122 e. The van der Waals surface area contributed by atoms with Crippen molar-refractivity contribution < 1.29 is 9.47 Å². The van der Waals surface area contributed by atoms with Gasteiger partial charge in [-0.05, 0) is 67.8 Å². The van der Waals surface area contributed by atoms with E-state index in [0.717, 1.165) is 17.9 Å². The lowest BCUT2D eigenvalue weighted by molar-refractivity contribution is 0.217. The van der Waals surface area contributed by atoms with Crippen LogP contribution in [0.25, 0.3) is 0 Å². The average molecular weight is 285 g/mol. The van der Waals surface area contributed by atoms with Gasteiger partial charge in [0.1, 0.15) is 24.7 Å². The van der Waals surface area contributed by atoms with Crippen molar-refractivity contribution in [1.82, 2.24) is 0 Å². The summed E-state index contributed by atoms with van der Waals surface area (Å²) in [6.07, 6.45) is 0.899. The van der Waals surface area contributed by atoms with E-state index in [4.69, 9.17) is 15.2 Å². The van der Waals surface area contributed by atoms with Crippen molar-refractivity contribution in [2.24, 2.45) is 5.73 Å². The minimum absolute atomic E-state index is 0.531.